The van der Waals surface area contributed by atoms with Gasteiger partial charge in [0.05, 0.1) is 12.3 Å². The molecule has 0 aliphatic rings. The van der Waals surface area contributed by atoms with Crippen molar-refractivity contribution in [1.29, 1.82) is 0 Å². The van der Waals surface area contributed by atoms with Gasteiger partial charge in [-0.15, -0.1) is 0 Å². The van der Waals surface area contributed by atoms with E-state index in [1.165, 1.54) is 10.9 Å². The molecule has 0 amide bonds. The number of hydrogen-bond acceptors (Lipinski definition) is 5. The molecule has 1 unspecified atom stereocenters. The fourth-order valence-corrected chi connectivity index (χ4v) is 2.84. The van der Waals surface area contributed by atoms with Crippen LogP contribution in [0.15, 0.2) is 53.5 Å². The Bertz CT molecular complexity index is 1120. The number of aliphatic hydroxyl groups is 1. The minimum absolute atomic E-state index is 0.227. The number of hydrogen-bond donors (Lipinski definition) is 3. The van der Waals surface area contributed by atoms with Crippen LogP contribution < -0.4 is 10.9 Å². The first-order chi connectivity index (χ1) is 12.1. The number of rotatable bonds is 4. The fraction of sp³-hybridized carbons (Fsp3) is 0.167. The summed E-state index contributed by atoms with van der Waals surface area (Å²) in [5, 5.41) is 20.1. The maximum Gasteiger partial charge on any atom is 0.263 e. The molecule has 4 aromatic rings. The Morgan fingerprint density at radius 2 is 2.04 bits per heavy atom. The lowest BCUT2D eigenvalue weighted by molar-refractivity contribution is 0.191. The summed E-state index contributed by atoms with van der Waals surface area (Å²) in [6.45, 7) is 0.227. The van der Waals surface area contributed by atoms with Crippen molar-refractivity contribution in [3.8, 4) is 0 Å². The fourth-order valence-electron chi connectivity index (χ4n) is 2.84. The van der Waals surface area contributed by atoms with E-state index in [2.05, 4.69) is 20.4 Å². The molecule has 2 aromatic heterocycles. The summed E-state index contributed by atoms with van der Waals surface area (Å²) < 4.78 is 1.54. The summed E-state index contributed by atoms with van der Waals surface area (Å²) in [5.74, 6) is 0.306. The van der Waals surface area contributed by atoms with Crippen LogP contribution in [0.3, 0.4) is 0 Å². The van der Waals surface area contributed by atoms with E-state index in [1.54, 1.807) is 7.05 Å². The number of aromatic nitrogens is 4. The summed E-state index contributed by atoms with van der Waals surface area (Å²) in [6, 6.07) is 13.8. The van der Waals surface area contributed by atoms with Gasteiger partial charge in [-0.25, -0.2) is 0 Å². The summed E-state index contributed by atoms with van der Waals surface area (Å²) >= 11 is 0. The van der Waals surface area contributed by atoms with Crippen molar-refractivity contribution in [1.82, 2.24) is 19.7 Å². The number of benzene rings is 2. The van der Waals surface area contributed by atoms with E-state index in [4.69, 9.17) is 0 Å². The van der Waals surface area contributed by atoms with E-state index < -0.39 is 6.10 Å². The molecule has 0 spiro atoms. The van der Waals surface area contributed by atoms with E-state index in [-0.39, 0.29) is 12.1 Å². The van der Waals surface area contributed by atoms with Gasteiger partial charge in [0.2, 0.25) is 5.95 Å². The van der Waals surface area contributed by atoms with Crippen molar-refractivity contribution < 1.29 is 5.11 Å². The summed E-state index contributed by atoms with van der Waals surface area (Å²) in [5.41, 5.74) is 1.03. The maximum absolute atomic E-state index is 12.0. The Morgan fingerprint density at radius 3 is 2.88 bits per heavy atom. The van der Waals surface area contributed by atoms with Crippen LogP contribution >= 0.6 is 0 Å². The number of aromatic amines is 1. The molecule has 3 N–H and O–H groups in total. The highest BCUT2D eigenvalue weighted by Crippen LogP contribution is 2.20. The third-order valence-corrected chi connectivity index (χ3v) is 4.22. The predicted molar refractivity (Wildman–Crippen MR) is 96.5 cm³/mol. The Kier molecular flexibility index (Phi) is 3.70. The number of anilines is 1. The van der Waals surface area contributed by atoms with Crippen LogP contribution in [-0.2, 0) is 7.05 Å². The molecule has 126 valence electrons. The number of H-pyrrole nitrogens is 1. The van der Waals surface area contributed by atoms with Gasteiger partial charge in [0.1, 0.15) is 5.39 Å². The SMILES string of the molecule is Cn1ncc2c(=O)[nH]c(NCC(O)c3ccc4ccccc4c3)nc21. The Morgan fingerprint density at radius 1 is 1.24 bits per heavy atom. The highest BCUT2D eigenvalue weighted by atomic mass is 16.3. The lowest BCUT2D eigenvalue weighted by Gasteiger charge is -2.13. The lowest BCUT2D eigenvalue weighted by Crippen LogP contribution is -2.18. The van der Waals surface area contributed by atoms with Crippen LogP contribution in [0.25, 0.3) is 21.8 Å². The number of nitrogens with one attached hydrogen (secondary N) is 2. The van der Waals surface area contributed by atoms with Crippen molar-refractivity contribution in [2.75, 3.05) is 11.9 Å². The minimum Gasteiger partial charge on any atom is -0.387 e. The summed E-state index contributed by atoms with van der Waals surface area (Å²) in [4.78, 5) is 19.0. The third kappa shape index (κ3) is 2.85. The zero-order valence-electron chi connectivity index (χ0n) is 13.6. The van der Waals surface area contributed by atoms with Crippen LogP contribution in [-0.4, -0.2) is 31.4 Å². The first-order valence-corrected chi connectivity index (χ1v) is 7.94. The normalized spacial score (nSPS) is 12.6. The molecule has 4 rings (SSSR count). The van der Waals surface area contributed by atoms with E-state index in [1.807, 2.05) is 42.5 Å². The minimum atomic E-state index is -0.725. The molecule has 0 aliphatic heterocycles. The van der Waals surface area contributed by atoms with Gasteiger partial charge in [0, 0.05) is 13.6 Å². The number of aliphatic hydroxyl groups excluding tert-OH is 1. The topological polar surface area (TPSA) is 95.8 Å². The highest BCUT2D eigenvalue weighted by Gasteiger charge is 2.11. The molecule has 0 saturated carbocycles. The van der Waals surface area contributed by atoms with Gasteiger partial charge >= 0.3 is 0 Å². The lowest BCUT2D eigenvalue weighted by atomic mass is 10.0. The van der Waals surface area contributed by atoms with Crippen LogP contribution in [0.5, 0.6) is 0 Å². The molecule has 0 saturated heterocycles. The quantitative estimate of drug-likeness (QED) is 0.530. The van der Waals surface area contributed by atoms with Crippen LogP contribution in [0.2, 0.25) is 0 Å². The molecule has 7 nitrogen and oxygen atoms in total. The molecule has 0 bridgehead atoms. The zero-order valence-corrected chi connectivity index (χ0v) is 13.6. The summed E-state index contributed by atoms with van der Waals surface area (Å²) in [7, 11) is 1.72. The van der Waals surface area contributed by atoms with Crippen molar-refractivity contribution in [2.45, 2.75) is 6.10 Å². The van der Waals surface area contributed by atoms with Crippen molar-refractivity contribution in [3.05, 3.63) is 64.6 Å². The van der Waals surface area contributed by atoms with Gasteiger partial charge in [0.25, 0.3) is 5.56 Å². The number of aryl methyl sites for hydroxylation is 1. The van der Waals surface area contributed by atoms with E-state index in [0.29, 0.717) is 17.0 Å². The Hall–Kier alpha value is -3.19. The average Bonchev–Trinajstić information content (AvgIpc) is 3.01. The van der Waals surface area contributed by atoms with Gasteiger partial charge < -0.3 is 10.4 Å². The zero-order chi connectivity index (χ0) is 17.4. The van der Waals surface area contributed by atoms with Gasteiger partial charge in [-0.05, 0) is 22.4 Å². The van der Waals surface area contributed by atoms with E-state index in [0.717, 1.165) is 16.3 Å². The van der Waals surface area contributed by atoms with Crippen molar-refractivity contribution in [2.24, 2.45) is 7.05 Å². The maximum atomic E-state index is 12.0. The van der Waals surface area contributed by atoms with Crippen molar-refractivity contribution >= 4 is 27.8 Å². The predicted octanol–water partition coefficient (Wildman–Crippen LogP) is 1.96. The molecule has 7 heteroatoms. The van der Waals surface area contributed by atoms with Gasteiger partial charge in [-0.2, -0.15) is 10.1 Å². The molecular weight excluding hydrogens is 318 g/mol. The molecule has 2 heterocycles. The second-order valence-corrected chi connectivity index (χ2v) is 5.92. The largest absolute Gasteiger partial charge is 0.387 e. The highest BCUT2D eigenvalue weighted by molar-refractivity contribution is 5.83. The first-order valence-electron chi connectivity index (χ1n) is 7.94. The molecular formula is C18H17N5O2. The number of nitrogens with zero attached hydrogens (tertiary/aromatic N) is 3. The molecule has 25 heavy (non-hydrogen) atoms. The number of fused-ring (bicyclic) bond motifs is 2. The van der Waals surface area contributed by atoms with E-state index >= 15 is 0 Å². The molecule has 2 aromatic carbocycles. The van der Waals surface area contributed by atoms with Gasteiger partial charge in [-0.3, -0.25) is 14.5 Å². The van der Waals surface area contributed by atoms with Crippen molar-refractivity contribution in [3.63, 3.8) is 0 Å². The van der Waals surface area contributed by atoms with Crippen LogP contribution in [0, 0.1) is 0 Å². The third-order valence-electron chi connectivity index (χ3n) is 4.22. The molecule has 0 aliphatic carbocycles. The monoisotopic (exact) mass is 335 g/mol. The Labute approximate surface area is 142 Å². The second kappa shape index (κ2) is 6.03. The van der Waals surface area contributed by atoms with Gasteiger partial charge in [0.15, 0.2) is 5.65 Å². The Balaban J connectivity index is 1.55. The summed E-state index contributed by atoms with van der Waals surface area (Å²) in [6.07, 6.45) is 0.756. The van der Waals surface area contributed by atoms with Gasteiger partial charge in [-0.1, -0.05) is 36.4 Å². The van der Waals surface area contributed by atoms with Crippen LogP contribution in [0.4, 0.5) is 5.95 Å². The first kappa shape index (κ1) is 15.3. The average molecular weight is 335 g/mol. The molecule has 1 atom stereocenters. The van der Waals surface area contributed by atoms with Crippen LogP contribution in [0.1, 0.15) is 11.7 Å². The molecule has 0 fully saturated rings. The smallest absolute Gasteiger partial charge is 0.263 e. The second-order valence-electron chi connectivity index (χ2n) is 5.92. The molecule has 0 radical (unpaired) electrons. The van der Waals surface area contributed by atoms with E-state index in [9.17, 15) is 9.90 Å². The standard InChI is InChI=1S/C18H17N5O2/c1-23-16-14(9-20-23)17(25)22-18(21-16)19-10-15(24)13-7-6-11-4-2-3-5-12(11)8-13/h2-9,15,24H,10H2,1H3,(H2,19,21,22,25).